The molecule has 6 nitrogen and oxygen atoms in total. The highest BCUT2D eigenvalue weighted by Gasteiger charge is 2.29. The van der Waals surface area contributed by atoms with Gasteiger partial charge in [0, 0.05) is 38.9 Å². The maximum Gasteiger partial charge on any atom is 0.319 e. The Morgan fingerprint density at radius 3 is 2.82 bits per heavy atom. The molecule has 1 atom stereocenters. The van der Waals surface area contributed by atoms with Crippen molar-refractivity contribution in [3.63, 3.8) is 0 Å². The quantitative estimate of drug-likeness (QED) is 0.929. The van der Waals surface area contributed by atoms with Crippen molar-refractivity contribution in [3.05, 3.63) is 24.3 Å². The van der Waals surface area contributed by atoms with Crippen LogP contribution < -0.4 is 10.1 Å². The molecule has 3 amide bonds. The van der Waals surface area contributed by atoms with Crippen molar-refractivity contribution in [2.45, 2.75) is 12.8 Å². The number of hydrogen-bond donors (Lipinski definition) is 1. The van der Waals surface area contributed by atoms with Crippen LogP contribution in [0, 0.1) is 5.92 Å². The molecule has 1 aliphatic rings. The predicted octanol–water partition coefficient (Wildman–Crippen LogP) is 2.03. The van der Waals surface area contributed by atoms with E-state index < -0.39 is 0 Å². The van der Waals surface area contributed by atoms with Gasteiger partial charge in [0.05, 0.1) is 13.0 Å². The summed E-state index contributed by atoms with van der Waals surface area (Å²) in [6.45, 7) is 1.17. The lowest BCUT2D eigenvalue weighted by Gasteiger charge is -2.33. The number of rotatable bonds is 3. The number of hydrogen-bond acceptors (Lipinski definition) is 3. The van der Waals surface area contributed by atoms with E-state index >= 15 is 0 Å². The van der Waals surface area contributed by atoms with Gasteiger partial charge in [-0.25, -0.2) is 4.79 Å². The number of urea groups is 1. The van der Waals surface area contributed by atoms with E-state index in [9.17, 15) is 9.59 Å². The molecule has 1 saturated heterocycles. The van der Waals surface area contributed by atoms with Crippen molar-refractivity contribution in [1.29, 1.82) is 0 Å². The van der Waals surface area contributed by atoms with E-state index in [1.54, 1.807) is 37.1 Å². The van der Waals surface area contributed by atoms with Gasteiger partial charge in [0.1, 0.15) is 5.75 Å². The molecule has 1 aromatic carbocycles. The van der Waals surface area contributed by atoms with Crippen LogP contribution in [-0.2, 0) is 4.79 Å². The van der Waals surface area contributed by atoms with Gasteiger partial charge < -0.3 is 19.9 Å². The summed E-state index contributed by atoms with van der Waals surface area (Å²) in [7, 11) is 5.04. The molecular weight excluding hydrogens is 282 g/mol. The number of carbonyl (C=O) groups excluding carboxylic acids is 2. The molecule has 1 unspecified atom stereocenters. The number of anilines is 1. The molecule has 0 aliphatic carbocycles. The molecule has 1 heterocycles. The van der Waals surface area contributed by atoms with Gasteiger partial charge in [-0.3, -0.25) is 4.79 Å². The first-order valence-electron chi connectivity index (χ1n) is 7.42. The second kappa shape index (κ2) is 7.15. The predicted molar refractivity (Wildman–Crippen MR) is 85.0 cm³/mol. The summed E-state index contributed by atoms with van der Waals surface area (Å²) >= 11 is 0. The van der Waals surface area contributed by atoms with E-state index in [1.807, 2.05) is 18.2 Å². The summed E-state index contributed by atoms with van der Waals surface area (Å²) in [4.78, 5) is 27.7. The number of amides is 3. The van der Waals surface area contributed by atoms with Gasteiger partial charge in [-0.05, 0) is 25.0 Å². The fourth-order valence-corrected chi connectivity index (χ4v) is 2.59. The first-order valence-corrected chi connectivity index (χ1v) is 7.42. The molecule has 0 aromatic heterocycles. The van der Waals surface area contributed by atoms with Crippen molar-refractivity contribution in [1.82, 2.24) is 9.80 Å². The van der Waals surface area contributed by atoms with Gasteiger partial charge in [-0.2, -0.15) is 0 Å². The monoisotopic (exact) mass is 305 g/mol. The second-order valence-electron chi connectivity index (χ2n) is 5.68. The third-order valence-electron chi connectivity index (χ3n) is 3.78. The van der Waals surface area contributed by atoms with E-state index in [1.165, 1.54) is 0 Å². The average Bonchev–Trinajstić information content (AvgIpc) is 2.54. The molecule has 2 rings (SSSR count). The molecule has 1 aromatic rings. The van der Waals surface area contributed by atoms with E-state index in [0.717, 1.165) is 12.8 Å². The van der Waals surface area contributed by atoms with Crippen molar-refractivity contribution < 1.29 is 14.3 Å². The third-order valence-corrected chi connectivity index (χ3v) is 3.78. The zero-order chi connectivity index (χ0) is 16.1. The SMILES string of the molecule is COc1cccc(NC(=O)C2CCCN(C(=O)N(C)C)C2)c1. The van der Waals surface area contributed by atoms with Crippen LogP contribution in [0.5, 0.6) is 5.75 Å². The highest BCUT2D eigenvalue weighted by atomic mass is 16.5. The molecular formula is C16H23N3O3. The molecule has 1 N–H and O–H groups in total. The van der Waals surface area contributed by atoms with E-state index in [4.69, 9.17) is 4.74 Å². The summed E-state index contributed by atoms with van der Waals surface area (Å²) in [6.07, 6.45) is 1.64. The lowest BCUT2D eigenvalue weighted by atomic mass is 9.97. The molecule has 1 fully saturated rings. The minimum atomic E-state index is -0.177. The summed E-state index contributed by atoms with van der Waals surface area (Å²) in [5.74, 6) is 0.471. The Kier molecular flexibility index (Phi) is 5.25. The number of piperidine rings is 1. The highest BCUT2D eigenvalue weighted by Crippen LogP contribution is 2.21. The normalized spacial score (nSPS) is 17.8. The minimum Gasteiger partial charge on any atom is -0.497 e. The Bertz CT molecular complexity index is 545. The van der Waals surface area contributed by atoms with Gasteiger partial charge in [-0.1, -0.05) is 6.07 Å². The zero-order valence-corrected chi connectivity index (χ0v) is 13.3. The molecule has 0 saturated carbocycles. The first-order chi connectivity index (χ1) is 10.5. The van der Waals surface area contributed by atoms with Crippen LogP contribution in [0.25, 0.3) is 0 Å². The lowest BCUT2D eigenvalue weighted by Crippen LogP contribution is -2.47. The van der Waals surface area contributed by atoms with E-state index in [0.29, 0.717) is 24.5 Å². The van der Waals surface area contributed by atoms with Gasteiger partial charge in [0.15, 0.2) is 0 Å². The fourth-order valence-electron chi connectivity index (χ4n) is 2.59. The van der Waals surface area contributed by atoms with Crippen molar-refractivity contribution in [2.24, 2.45) is 5.92 Å². The van der Waals surface area contributed by atoms with E-state index in [2.05, 4.69) is 5.32 Å². The Morgan fingerprint density at radius 2 is 2.14 bits per heavy atom. The maximum absolute atomic E-state index is 12.4. The number of likely N-dealkylation sites (tertiary alicyclic amines) is 1. The van der Waals surface area contributed by atoms with Crippen LogP contribution in [-0.4, -0.2) is 56.0 Å². The van der Waals surface area contributed by atoms with Crippen LogP contribution in [0.3, 0.4) is 0 Å². The van der Waals surface area contributed by atoms with Crippen LogP contribution in [0.2, 0.25) is 0 Å². The Labute approximate surface area is 131 Å². The first kappa shape index (κ1) is 16.1. The third kappa shape index (κ3) is 3.90. The van der Waals surface area contributed by atoms with Crippen molar-refractivity contribution >= 4 is 17.6 Å². The van der Waals surface area contributed by atoms with Gasteiger partial charge in [-0.15, -0.1) is 0 Å². The fraction of sp³-hybridized carbons (Fsp3) is 0.500. The molecule has 0 spiro atoms. The smallest absolute Gasteiger partial charge is 0.319 e. The molecule has 1 aliphatic heterocycles. The van der Waals surface area contributed by atoms with E-state index in [-0.39, 0.29) is 17.9 Å². The average molecular weight is 305 g/mol. The molecule has 22 heavy (non-hydrogen) atoms. The Hall–Kier alpha value is -2.24. The highest BCUT2D eigenvalue weighted by molar-refractivity contribution is 5.93. The Balaban J connectivity index is 1.98. The van der Waals surface area contributed by atoms with Crippen LogP contribution in [0.1, 0.15) is 12.8 Å². The zero-order valence-electron chi connectivity index (χ0n) is 13.3. The van der Waals surface area contributed by atoms with Gasteiger partial charge in [0.2, 0.25) is 5.91 Å². The lowest BCUT2D eigenvalue weighted by molar-refractivity contribution is -0.121. The van der Waals surface area contributed by atoms with Crippen LogP contribution >= 0.6 is 0 Å². The largest absolute Gasteiger partial charge is 0.497 e. The summed E-state index contributed by atoms with van der Waals surface area (Å²) in [5, 5.41) is 2.90. The topological polar surface area (TPSA) is 61.9 Å². The van der Waals surface area contributed by atoms with Gasteiger partial charge >= 0.3 is 6.03 Å². The minimum absolute atomic E-state index is 0.0427. The molecule has 0 radical (unpaired) electrons. The second-order valence-corrected chi connectivity index (χ2v) is 5.68. The van der Waals surface area contributed by atoms with Gasteiger partial charge in [0.25, 0.3) is 0 Å². The summed E-state index contributed by atoms with van der Waals surface area (Å²) < 4.78 is 5.15. The van der Waals surface area contributed by atoms with Crippen molar-refractivity contribution in [2.75, 3.05) is 39.6 Å². The Morgan fingerprint density at radius 1 is 1.36 bits per heavy atom. The standard InChI is InChI=1S/C16H23N3O3/c1-18(2)16(21)19-9-5-6-12(11-19)15(20)17-13-7-4-8-14(10-13)22-3/h4,7-8,10,12H,5-6,9,11H2,1-3H3,(H,17,20). The number of benzene rings is 1. The molecule has 0 bridgehead atoms. The van der Waals surface area contributed by atoms with Crippen molar-refractivity contribution in [3.8, 4) is 5.75 Å². The molecule has 120 valence electrons. The summed E-state index contributed by atoms with van der Waals surface area (Å²) in [5.41, 5.74) is 0.709. The maximum atomic E-state index is 12.4. The summed E-state index contributed by atoms with van der Waals surface area (Å²) in [6, 6.07) is 7.22. The molecule has 6 heteroatoms. The number of nitrogens with one attached hydrogen (secondary N) is 1. The van der Waals surface area contributed by atoms with Crippen LogP contribution in [0.4, 0.5) is 10.5 Å². The number of carbonyl (C=O) groups is 2. The number of methoxy groups -OCH3 is 1. The van der Waals surface area contributed by atoms with Crippen LogP contribution in [0.15, 0.2) is 24.3 Å². The number of ether oxygens (including phenoxy) is 1. The number of nitrogens with zero attached hydrogens (tertiary/aromatic N) is 2.